The number of halogens is 1. The molecule has 0 fully saturated rings. The highest BCUT2D eigenvalue weighted by molar-refractivity contribution is 14.1. The van der Waals surface area contributed by atoms with Crippen LogP contribution >= 0.6 is 22.6 Å². The van der Waals surface area contributed by atoms with Crippen LogP contribution in [-0.2, 0) is 4.43 Å². The van der Waals surface area contributed by atoms with Gasteiger partial charge in [0, 0.05) is 4.43 Å². The zero-order valence-electron chi connectivity index (χ0n) is 7.22. The van der Waals surface area contributed by atoms with Crippen molar-refractivity contribution in [3.63, 3.8) is 0 Å². The molecule has 1 aromatic carbocycles. The number of ether oxygens (including phenoxy) is 1. The summed E-state index contributed by atoms with van der Waals surface area (Å²) in [6.45, 7) is 2.92. The molecule has 0 amide bonds. The third-order valence-electron chi connectivity index (χ3n) is 1.55. The van der Waals surface area contributed by atoms with Gasteiger partial charge in [0.05, 0.1) is 6.61 Å². The van der Waals surface area contributed by atoms with Crippen LogP contribution in [0.4, 0.5) is 0 Å². The molecule has 1 nitrogen and oxygen atoms in total. The fourth-order valence-corrected chi connectivity index (χ4v) is 1.40. The second-order valence-corrected chi connectivity index (χ2v) is 3.39. The van der Waals surface area contributed by atoms with Crippen molar-refractivity contribution in [3.05, 3.63) is 29.8 Å². The van der Waals surface area contributed by atoms with Crippen molar-refractivity contribution < 1.29 is 4.74 Å². The Morgan fingerprint density at radius 1 is 1.25 bits per heavy atom. The zero-order chi connectivity index (χ0) is 8.81. The molecular formula is C10H13IO. The standard InChI is InChI=1S/C10H13IO/c1-2-7-12-10-5-3-9(8-11)4-6-10/h3-6H,2,7-8H2,1H3. The van der Waals surface area contributed by atoms with E-state index in [1.165, 1.54) is 5.56 Å². The maximum atomic E-state index is 5.45. The molecule has 0 bridgehead atoms. The van der Waals surface area contributed by atoms with Crippen molar-refractivity contribution >= 4 is 22.6 Å². The molecule has 1 rings (SSSR count). The third-order valence-corrected chi connectivity index (χ3v) is 2.43. The van der Waals surface area contributed by atoms with E-state index in [4.69, 9.17) is 4.74 Å². The van der Waals surface area contributed by atoms with Gasteiger partial charge in [0.1, 0.15) is 5.75 Å². The Balaban J connectivity index is 2.53. The number of hydrogen-bond donors (Lipinski definition) is 0. The van der Waals surface area contributed by atoms with Crippen LogP contribution in [0, 0.1) is 0 Å². The molecule has 0 spiro atoms. The summed E-state index contributed by atoms with van der Waals surface area (Å²) in [7, 11) is 0. The SMILES string of the molecule is CCCOc1ccc(CI)cc1. The normalized spacial score (nSPS) is 9.83. The van der Waals surface area contributed by atoms with Crippen molar-refractivity contribution in [2.24, 2.45) is 0 Å². The van der Waals surface area contributed by atoms with E-state index in [1.54, 1.807) is 0 Å². The maximum Gasteiger partial charge on any atom is 0.119 e. The molecule has 0 saturated carbocycles. The minimum atomic E-state index is 0.809. The first-order chi connectivity index (χ1) is 5.86. The average molecular weight is 276 g/mol. The predicted molar refractivity (Wildman–Crippen MR) is 60.0 cm³/mol. The molecule has 0 heterocycles. The van der Waals surface area contributed by atoms with Gasteiger partial charge in [-0.25, -0.2) is 0 Å². The minimum absolute atomic E-state index is 0.809. The van der Waals surface area contributed by atoms with Crippen molar-refractivity contribution in [2.75, 3.05) is 6.61 Å². The monoisotopic (exact) mass is 276 g/mol. The van der Waals surface area contributed by atoms with Gasteiger partial charge in [-0.05, 0) is 24.1 Å². The number of alkyl halides is 1. The summed E-state index contributed by atoms with van der Waals surface area (Å²) in [5, 5.41) is 0. The largest absolute Gasteiger partial charge is 0.494 e. The van der Waals surface area contributed by atoms with Gasteiger partial charge in [-0.2, -0.15) is 0 Å². The van der Waals surface area contributed by atoms with Crippen LogP contribution in [0.5, 0.6) is 5.75 Å². The Hall–Kier alpha value is -0.250. The molecule has 0 aromatic heterocycles. The average Bonchev–Trinajstić information content (AvgIpc) is 2.15. The van der Waals surface area contributed by atoms with Gasteiger partial charge < -0.3 is 4.74 Å². The van der Waals surface area contributed by atoms with Crippen molar-refractivity contribution in [3.8, 4) is 5.75 Å². The highest BCUT2D eigenvalue weighted by atomic mass is 127. The third kappa shape index (κ3) is 3.01. The molecule has 0 aliphatic heterocycles. The van der Waals surface area contributed by atoms with Crippen LogP contribution < -0.4 is 4.74 Å². The summed E-state index contributed by atoms with van der Waals surface area (Å²) in [4.78, 5) is 0. The summed E-state index contributed by atoms with van der Waals surface area (Å²) < 4.78 is 6.51. The first-order valence-corrected chi connectivity index (χ1v) is 5.67. The van der Waals surface area contributed by atoms with Crippen LogP contribution in [0.1, 0.15) is 18.9 Å². The van der Waals surface area contributed by atoms with Gasteiger partial charge in [-0.1, -0.05) is 41.6 Å². The summed E-state index contributed by atoms with van der Waals surface area (Å²) >= 11 is 2.35. The highest BCUT2D eigenvalue weighted by Crippen LogP contribution is 2.14. The molecule has 2 heteroatoms. The molecule has 0 radical (unpaired) electrons. The molecule has 0 aliphatic carbocycles. The topological polar surface area (TPSA) is 9.23 Å². The summed E-state index contributed by atoms with van der Waals surface area (Å²) in [6.07, 6.45) is 1.06. The van der Waals surface area contributed by atoms with Gasteiger partial charge in [-0.15, -0.1) is 0 Å². The van der Waals surface area contributed by atoms with E-state index in [0.717, 1.165) is 23.2 Å². The predicted octanol–water partition coefficient (Wildman–Crippen LogP) is 3.41. The molecule has 12 heavy (non-hydrogen) atoms. The van der Waals surface area contributed by atoms with E-state index >= 15 is 0 Å². The molecule has 0 aliphatic rings. The van der Waals surface area contributed by atoms with E-state index in [2.05, 4.69) is 41.6 Å². The Morgan fingerprint density at radius 2 is 1.92 bits per heavy atom. The Morgan fingerprint density at radius 3 is 2.42 bits per heavy atom. The van der Waals surface area contributed by atoms with Crippen LogP contribution in [0.3, 0.4) is 0 Å². The quantitative estimate of drug-likeness (QED) is 0.605. The Bertz CT molecular complexity index is 218. The lowest BCUT2D eigenvalue weighted by molar-refractivity contribution is 0.317. The molecule has 1 aromatic rings. The van der Waals surface area contributed by atoms with E-state index in [1.807, 2.05) is 12.1 Å². The summed E-state index contributed by atoms with van der Waals surface area (Å²) in [5.74, 6) is 0.977. The van der Waals surface area contributed by atoms with Crippen molar-refractivity contribution in [1.29, 1.82) is 0 Å². The fraction of sp³-hybridized carbons (Fsp3) is 0.400. The van der Waals surface area contributed by atoms with Crippen LogP contribution in [0.2, 0.25) is 0 Å². The van der Waals surface area contributed by atoms with Crippen LogP contribution in [0.15, 0.2) is 24.3 Å². The molecular weight excluding hydrogens is 263 g/mol. The Labute approximate surface area is 87.3 Å². The number of benzene rings is 1. The molecule has 66 valence electrons. The first-order valence-electron chi connectivity index (χ1n) is 4.14. The molecule has 0 atom stereocenters. The lowest BCUT2D eigenvalue weighted by Crippen LogP contribution is -1.94. The van der Waals surface area contributed by atoms with E-state index in [0.29, 0.717) is 0 Å². The summed E-state index contributed by atoms with van der Waals surface area (Å²) in [6, 6.07) is 8.28. The van der Waals surface area contributed by atoms with E-state index in [-0.39, 0.29) is 0 Å². The molecule has 0 saturated heterocycles. The van der Waals surface area contributed by atoms with E-state index < -0.39 is 0 Å². The zero-order valence-corrected chi connectivity index (χ0v) is 9.37. The number of rotatable bonds is 4. The minimum Gasteiger partial charge on any atom is -0.494 e. The lowest BCUT2D eigenvalue weighted by atomic mass is 10.2. The number of hydrogen-bond acceptors (Lipinski definition) is 1. The van der Waals surface area contributed by atoms with Gasteiger partial charge >= 0.3 is 0 Å². The second-order valence-electron chi connectivity index (χ2n) is 2.63. The van der Waals surface area contributed by atoms with Crippen LogP contribution in [0.25, 0.3) is 0 Å². The summed E-state index contributed by atoms with van der Waals surface area (Å²) in [5.41, 5.74) is 1.35. The molecule has 0 N–H and O–H groups in total. The highest BCUT2D eigenvalue weighted by Gasteiger charge is 1.92. The first kappa shape index (κ1) is 9.84. The molecule has 0 unspecified atom stereocenters. The fourth-order valence-electron chi connectivity index (χ4n) is 0.895. The van der Waals surface area contributed by atoms with Gasteiger partial charge in [0.15, 0.2) is 0 Å². The second kappa shape index (κ2) is 5.41. The van der Waals surface area contributed by atoms with Crippen molar-refractivity contribution in [2.45, 2.75) is 17.8 Å². The van der Waals surface area contributed by atoms with Crippen LogP contribution in [-0.4, -0.2) is 6.61 Å². The smallest absolute Gasteiger partial charge is 0.119 e. The maximum absolute atomic E-state index is 5.45. The Kier molecular flexibility index (Phi) is 4.43. The van der Waals surface area contributed by atoms with Gasteiger partial charge in [0.25, 0.3) is 0 Å². The van der Waals surface area contributed by atoms with Gasteiger partial charge in [-0.3, -0.25) is 0 Å². The van der Waals surface area contributed by atoms with Gasteiger partial charge in [0.2, 0.25) is 0 Å². The lowest BCUT2D eigenvalue weighted by Gasteiger charge is -2.04. The van der Waals surface area contributed by atoms with E-state index in [9.17, 15) is 0 Å². The van der Waals surface area contributed by atoms with Crippen molar-refractivity contribution in [1.82, 2.24) is 0 Å².